The summed E-state index contributed by atoms with van der Waals surface area (Å²) in [5.74, 6) is 0.291. The van der Waals surface area contributed by atoms with E-state index in [9.17, 15) is 9.59 Å². The van der Waals surface area contributed by atoms with Crippen molar-refractivity contribution in [2.24, 2.45) is 5.92 Å². The molecule has 0 radical (unpaired) electrons. The minimum Gasteiger partial charge on any atom is -0.465 e. The van der Waals surface area contributed by atoms with Gasteiger partial charge in [0.05, 0.1) is 19.7 Å². The molecule has 0 heterocycles. The van der Waals surface area contributed by atoms with Crippen LogP contribution in [0, 0.1) is 5.92 Å². The number of nitrogens with one attached hydrogen (secondary N) is 1. The molecule has 0 aliphatic carbocycles. The maximum atomic E-state index is 11.7. The Balaban J connectivity index is 3.86. The van der Waals surface area contributed by atoms with Crippen molar-refractivity contribution in [3.8, 4) is 0 Å². The smallest absolute Gasteiger partial charge is 0.320 e. The van der Waals surface area contributed by atoms with Crippen LogP contribution >= 0.6 is 0 Å². The fourth-order valence-corrected chi connectivity index (χ4v) is 1.70. The van der Waals surface area contributed by atoms with Crippen LogP contribution in [0.25, 0.3) is 0 Å². The van der Waals surface area contributed by atoms with Crippen molar-refractivity contribution < 1.29 is 14.3 Å². The Kier molecular flexibility index (Phi) is 9.21. The predicted molar refractivity (Wildman–Crippen MR) is 75.8 cm³/mol. The Bertz CT molecular complexity index is 280. The van der Waals surface area contributed by atoms with E-state index in [0.717, 1.165) is 12.8 Å². The highest BCUT2D eigenvalue weighted by Gasteiger charge is 2.13. The average molecular weight is 272 g/mol. The lowest BCUT2D eigenvalue weighted by atomic mass is 10.0. The van der Waals surface area contributed by atoms with Gasteiger partial charge in [-0.15, -0.1) is 0 Å². The van der Waals surface area contributed by atoms with Crippen LogP contribution in [0.1, 0.15) is 40.5 Å². The molecule has 0 aromatic heterocycles. The van der Waals surface area contributed by atoms with E-state index in [4.69, 9.17) is 4.74 Å². The summed E-state index contributed by atoms with van der Waals surface area (Å²) in [6.07, 6.45) is 2.07. The van der Waals surface area contributed by atoms with Gasteiger partial charge in [-0.1, -0.05) is 13.8 Å². The standard InChI is InChI=1S/C14H28N2O3/c1-6-19-14(18)10-16(5)9-13(17)15-12(4)8-7-11(2)3/h11-12H,6-10H2,1-5H3,(H,15,17). The van der Waals surface area contributed by atoms with Gasteiger partial charge >= 0.3 is 5.97 Å². The molecule has 19 heavy (non-hydrogen) atoms. The molecule has 1 atom stereocenters. The lowest BCUT2D eigenvalue weighted by Crippen LogP contribution is -2.41. The molecule has 0 bridgehead atoms. The van der Waals surface area contributed by atoms with Gasteiger partial charge in [-0.25, -0.2) is 0 Å². The first-order valence-electron chi connectivity index (χ1n) is 6.98. The molecule has 0 spiro atoms. The van der Waals surface area contributed by atoms with E-state index in [0.29, 0.717) is 12.5 Å². The fourth-order valence-electron chi connectivity index (χ4n) is 1.70. The van der Waals surface area contributed by atoms with Crippen LogP contribution in [0.5, 0.6) is 0 Å². The topological polar surface area (TPSA) is 58.6 Å². The summed E-state index contributed by atoms with van der Waals surface area (Å²) in [5.41, 5.74) is 0. The first-order chi connectivity index (χ1) is 8.85. The Morgan fingerprint density at radius 1 is 1.16 bits per heavy atom. The van der Waals surface area contributed by atoms with Gasteiger partial charge in [0.25, 0.3) is 0 Å². The molecular formula is C14H28N2O3. The van der Waals surface area contributed by atoms with E-state index in [2.05, 4.69) is 19.2 Å². The summed E-state index contributed by atoms with van der Waals surface area (Å²) in [7, 11) is 1.73. The number of nitrogens with zero attached hydrogens (tertiary/aromatic N) is 1. The molecule has 0 aliphatic heterocycles. The summed E-state index contributed by atoms with van der Waals surface area (Å²) in [4.78, 5) is 24.6. The zero-order valence-electron chi connectivity index (χ0n) is 12.9. The third-order valence-corrected chi connectivity index (χ3v) is 2.70. The van der Waals surface area contributed by atoms with Crippen molar-refractivity contribution in [1.29, 1.82) is 0 Å². The number of carbonyl (C=O) groups excluding carboxylic acids is 2. The molecule has 0 fully saturated rings. The predicted octanol–water partition coefficient (Wildman–Crippen LogP) is 1.42. The summed E-state index contributed by atoms with van der Waals surface area (Å²) >= 11 is 0. The quantitative estimate of drug-likeness (QED) is 0.645. The minimum absolute atomic E-state index is 0.0527. The van der Waals surface area contributed by atoms with E-state index in [-0.39, 0.29) is 31.0 Å². The van der Waals surface area contributed by atoms with E-state index in [1.165, 1.54) is 0 Å². The molecule has 112 valence electrons. The van der Waals surface area contributed by atoms with Crippen LogP contribution in [0.15, 0.2) is 0 Å². The second-order valence-corrected chi connectivity index (χ2v) is 5.42. The summed E-state index contributed by atoms with van der Waals surface area (Å²) in [5, 5.41) is 2.94. The summed E-state index contributed by atoms with van der Waals surface area (Å²) in [6, 6.07) is 0.172. The van der Waals surface area contributed by atoms with Crippen molar-refractivity contribution >= 4 is 11.9 Å². The van der Waals surface area contributed by atoms with Crippen molar-refractivity contribution in [2.45, 2.75) is 46.6 Å². The average Bonchev–Trinajstić information content (AvgIpc) is 2.25. The highest BCUT2D eigenvalue weighted by Crippen LogP contribution is 2.06. The lowest BCUT2D eigenvalue weighted by Gasteiger charge is -2.18. The Labute approximate surface area is 116 Å². The number of hydrogen-bond acceptors (Lipinski definition) is 4. The van der Waals surface area contributed by atoms with Gasteiger partial charge in [0.2, 0.25) is 5.91 Å². The van der Waals surface area contributed by atoms with E-state index in [1.54, 1.807) is 18.9 Å². The molecule has 0 aromatic rings. The van der Waals surface area contributed by atoms with Gasteiger partial charge in [0, 0.05) is 6.04 Å². The summed E-state index contributed by atoms with van der Waals surface area (Å²) in [6.45, 7) is 8.83. The number of amides is 1. The van der Waals surface area contributed by atoms with Crippen LogP contribution in [0.2, 0.25) is 0 Å². The van der Waals surface area contributed by atoms with Crippen molar-refractivity contribution in [3.05, 3.63) is 0 Å². The van der Waals surface area contributed by atoms with E-state index >= 15 is 0 Å². The first kappa shape index (κ1) is 17.9. The zero-order valence-corrected chi connectivity index (χ0v) is 12.9. The van der Waals surface area contributed by atoms with Crippen LogP contribution < -0.4 is 5.32 Å². The third kappa shape index (κ3) is 10.5. The molecule has 5 heteroatoms. The maximum absolute atomic E-state index is 11.7. The normalized spacial score (nSPS) is 12.6. The molecule has 0 aliphatic rings. The van der Waals surface area contributed by atoms with Crippen LogP contribution in [-0.2, 0) is 14.3 Å². The number of rotatable bonds is 9. The molecule has 0 rings (SSSR count). The highest BCUT2D eigenvalue weighted by molar-refractivity contribution is 5.79. The van der Waals surface area contributed by atoms with Gasteiger partial charge < -0.3 is 10.1 Å². The fraction of sp³-hybridized carbons (Fsp3) is 0.857. The van der Waals surface area contributed by atoms with Crippen molar-refractivity contribution in [3.63, 3.8) is 0 Å². The third-order valence-electron chi connectivity index (χ3n) is 2.70. The largest absolute Gasteiger partial charge is 0.465 e. The number of likely N-dealkylation sites (N-methyl/N-ethyl adjacent to an activating group) is 1. The van der Waals surface area contributed by atoms with Gasteiger partial charge in [0.15, 0.2) is 0 Å². The number of ether oxygens (including phenoxy) is 1. The van der Waals surface area contributed by atoms with Gasteiger partial charge in [-0.05, 0) is 39.7 Å². The molecule has 1 N–H and O–H groups in total. The number of esters is 1. The lowest BCUT2D eigenvalue weighted by molar-refractivity contribution is -0.144. The second-order valence-electron chi connectivity index (χ2n) is 5.42. The zero-order chi connectivity index (χ0) is 14.8. The van der Waals surface area contributed by atoms with Gasteiger partial charge in [-0.3, -0.25) is 14.5 Å². The van der Waals surface area contributed by atoms with E-state index < -0.39 is 0 Å². The molecule has 1 unspecified atom stereocenters. The molecular weight excluding hydrogens is 244 g/mol. The summed E-state index contributed by atoms with van der Waals surface area (Å²) < 4.78 is 4.83. The van der Waals surface area contributed by atoms with Crippen molar-refractivity contribution in [2.75, 3.05) is 26.7 Å². The Morgan fingerprint density at radius 2 is 1.79 bits per heavy atom. The van der Waals surface area contributed by atoms with Gasteiger partial charge in [0.1, 0.15) is 0 Å². The molecule has 1 amide bonds. The minimum atomic E-state index is -0.300. The number of hydrogen-bond donors (Lipinski definition) is 1. The van der Waals surface area contributed by atoms with E-state index in [1.807, 2.05) is 6.92 Å². The SMILES string of the molecule is CCOC(=O)CN(C)CC(=O)NC(C)CCC(C)C. The second kappa shape index (κ2) is 9.78. The molecule has 5 nitrogen and oxygen atoms in total. The Morgan fingerprint density at radius 3 is 2.32 bits per heavy atom. The van der Waals surface area contributed by atoms with Gasteiger partial charge in [-0.2, -0.15) is 0 Å². The monoisotopic (exact) mass is 272 g/mol. The van der Waals surface area contributed by atoms with Crippen LogP contribution in [0.4, 0.5) is 0 Å². The van der Waals surface area contributed by atoms with Crippen LogP contribution in [-0.4, -0.2) is 49.6 Å². The van der Waals surface area contributed by atoms with Crippen LogP contribution in [0.3, 0.4) is 0 Å². The van der Waals surface area contributed by atoms with Crippen molar-refractivity contribution in [1.82, 2.24) is 10.2 Å². The molecule has 0 saturated heterocycles. The maximum Gasteiger partial charge on any atom is 0.320 e. The Hall–Kier alpha value is -1.10. The molecule has 0 aromatic carbocycles. The highest BCUT2D eigenvalue weighted by atomic mass is 16.5. The number of carbonyl (C=O) groups is 2. The first-order valence-corrected chi connectivity index (χ1v) is 6.98. The molecule has 0 saturated carbocycles.